The van der Waals surface area contributed by atoms with Gasteiger partial charge in [0.15, 0.2) is 0 Å². The highest BCUT2D eigenvalue weighted by atomic mass is 16.5. The summed E-state index contributed by atoms with van der Waals surface area (Å²) in [7, 11) is 1.53. The van der Waals surface area contributed by atoms with E-state index in [0.717, 1.165) is 36.4 Å². The molecule has 0 N–H and O–H groups in total. The van der Waals surface area contributed by atoms with Crippen LogP contribution in [0.5, 0.6) is 11.8 Å². The molecule has 1 aliphatic heterocycles. The fraction of sp³-hybridized carbons (Fsp3) is 0.556. The third kappa shape index (κ3) is 4.12. The first-order valence-electron chi connectivity index (χ1n) is 8.79. The molecule has 0 saturated carbocycles. The molecule has 1 atom stereocenters. The third-order valence-electron chi connectivity index (χ3n) is 4.61. The summed E-state index contributed by atoms with van der Waals surface area (Å²) in [5, 5.41) is 3.94. The molecule has 26 heavy (non-hydrogen) atoms. The number of hydrogen-bond acceptors (Lipinski definition) is 7. The lowest BCUT2D eigenvalue weighted by atomic mass is 10.1. The minimum Gasteiger partial charge on any atom is -0.477 e. The average Bonchev–Trinajstić information content (AvgIpc) is 2.98. The van der Waals surface area contributed by atoms with Gasteiger partial charge in [0.2, 0.25) is 5.91 Å². The number of aryl methyl sites for hydroxylation is 2. The minimum atomic E-state index is -0.114. The van der Waals surface area contributed by atoms with Crippen LogP contribution in [0.3, 0.4) is 0 Å². The summed E-state index contributed by atoms with van der Waals surface area (Å²) in [4.78, 5) is 22.7. The molecule has 2 aromatic heterocycles. The number of piperidine rings is 1. The number of methoxy groups -OCH3 is 1. The first kappa shape index (κ1) is 18.2. The van der Waals surface area contributed by atoms with E-state index in [9.17, 15) is 4.79 Å². The predicted octanol–water partition coefficient (Wildman–Crippen LogP) is 2.09. The van der Waals surface area contributed by atoms with E-state index in [-0.39, 0.29) is 12.0 Å². The SMILES string of the molecule is COc1nccnc1O[C@H]1CCCN(C(=O)CCc2c(C)noc2C)C1. The van der Waals surface area contributed by atoms with Crippen molar-refractivity contribution >= 4 is 5.91 Å². The highest BCUT2D eigenvalue weighted by Crippen LogP contribution is 2.24. The Hall–Kier alpha value is -2.64. The molecular weight excluding hydrogens is 336 g/mol. The molecule has 3 rings (SSSR count). The van der Waals surface area contributed by atoms with Crippen LogP contribution in [-0.2, 0) is 11.2 Å². The summed E-state index contributed by atoms with van der Waals surface area (Å²) < 4.78 is 16.3. The van der Waals surface area contributed by atoms with Gasteiger partial charge >= 0.3 is 0 Å². The zero-order valence-electron chi connectivity index (χ0n) is 15.4. The highest BCUT2D eigenvalue weighted by Gasteiger charge is 2.26. The molecule has 1 aliphatic rings. The van der Waals surface area contributed by atoms with Gasteiger partial charge in [-0.05, 0) is 33.1 Å². The number of nitrogens with zero attached hydrogens (tertiary/aromatic N) is 4. The van der Waals surface area contributed by atoms with Crippen molar-refractivity contribution in [2.45, 2.75) is 45.6 Å². The van der Waals surface area contributed by atoms with Crippen molar-refractivity contribution in [1.82, 2.24) is 20.0 Å². The number of hydrogen-bond donors (Lipinski definition) is 0. The third-order valence-corrected chi connectivity index (χ3v) is 4.61. The van der Waals surface area contributed by atoms with Gasteiger partial charge in [-0.3, -0.25) is 4.79 Å². The van der Waals surface area contributed by atoms with Gasteiger partial charge in [-0.15, -0.1) is 0 Å². The lowest BCUT2D eigenvalue weighted by molar-refractivity contribution is -0.133. The molecule has 8 heteroatoms. The van der Waals surface area contributed by atoms with Gasteiger partial charge in [0.05, 0.1) is 19.3 Å². The maximum Gasteiger partial charge on any atom is 0.278 e. The summed E-state index contributed by atoms with van der Waals surface area (Å²) >= 11 is 0. The topological polar surface area (TPSA) is 90.6 Å². The van der Waals surface area contributed by atoms with Crippen LogP contribution < -0.4 is 9.47 Å². The Morgan fingerprint density at radius 2 is 2.08 bits per heavy atom. The molecule has 0 unspecified atom stereocenters. The molecule has 0 bridgehead atoms. The van der Waals surface area contributed by atoms with Crippen molar-refractivity contribution in [1.29, 1.82) is 0 Å². The van der Waals surface area contributed by atoms with Crippen molar-refractivity contribution in [3.05, 3.63) is 29.4 Å². The fourth-order valence-corrected chi connectivity index (χ4v) is 3.20. The van der Waals surface area contributed by atoms with Crippen molar-refractivity contribution in [3.63, 3.8) is 0 Å². The number of aromatic nitrogens is 3. The van der Waals surface area contributed by atoms with Crippen molar-refractivity contribution < 1.29 is 18.8 Å². The summed E-state index contributed by atoms with van der Waals surface area (Å²) in [5.41, 5.74) is 1.87. The number of amides is 1. The van der Waals surface area contributed by atoms with E-state index < -0.39 is 0 Å². The van der Waals surface area contributed by atoms with Crippen LogP contribution in [0.1, 0.15) is 36.3 Å². The summed E-state index contributed by atoms with van der Waals surface area (Å²) in [6.07, 6.45) is 5.84. The molecule has 0 radical (unpaired) electrons. The van der Waals surface area contributed by atoms with Gasteiger partial charge < -0.3 is 18.9 Å². The van der Waals surface area contributed by atoms with Gasteiger partial charge in [0, 0.05) is 30.9 Å². The Kier molecular flexibility index (Phi) is 5.70. The molecule has 2 aromatic rings. The summed E-state index contributed by atoms with van der Waals surface area (Å²) in [6, 6.07) is 0. The van der Waals surface area contributed by atoms with Crippen LogP contribution in [0.25, 0.3) is 0 Å². The Morgan fingerprint density at radius 1 is 1.31 bits per heavy atom. The zero-order chi connectivity index (χ0) is 18.5. The Labute approximate surface area is 152 Å². The van der Waals surface area contributed by atoms with Crippen LogP contribution in [-0.4, -0.2) is 52.2 Å². The molecule has 1 fully saturated rings. The number of rotatable bonds is 6. The van der Waals surface area contributed by atoms with E-state index in [2.05, 4.69) is 15.1 Å². The molecule has 3 heterocycles. The second-order valence-corrected chi connectivity index (χ2v) is 6.40. The van der Waals surface area contributed by atoms with E-state index in [1.807, 2.05) is 18.7 Å². The van der Waals surface area contributed by atoms with Crippen LogP contribution in [0.15, 0.2) is 16.9 Å². The second kappa shape index (κ2) is 8.16. The minimum absolute atomic E-state index is 0.114. The van der Waals surface area contributed by atoms with Crippen LogP contribution in [0, 0.1) is 13.8 Å². The maximum absolute atomic E-state index is 12.6. The number of likely N-dealkylation sites (tertiary alicyclic amines) is 1. The normalized spacial score (nSPS) is 17.2. The van der Waals surface area contributed by atoms with Gasteiger partial charge in [-0.2, -0.15) is 0 Å². The van der Waals surface area contributed by atoms with Crippen LogP contribution >= 0.6 is 0 Å². The molecule has 0 aliphatic carbocycles. The molecular formula is C18H24N4O4. The number of carbonyl (C=O) groups excluding carboxylic acids is 1. The van der Waals surface area contributed by atoms with Gasteiger partial charge in [-0.25, -0.2) is 9.97 Å². The van der Waals surface area contributed by atoms with Gasteiger partial charge in [0.1, 0.15) is 11.9 Å². The largest absolute Gasteiger partial charge is 0.477 e. The number of ether oxygens (including phenoxy) is 2. The fourth-order valence-electron chi connectivity index (χ4n) is 3.20. The van der Waals surface area contributed by atoms with Crippen molar-refractivity contribution in [2.24, 2.45) is 0 Å². The highest BCUT2D eigenvalue weighted by molar-refractivity contribution is 5.76. The molecule has 1 amide bonds. The standard InChI is InChI=1S/C18H24N4O4/c1-12-15(13(2)26-21-12)6-7-16(23)22-10-4-5-14(11-22)25-18-17(24-3)19-8-9-20-18/h8-9,14H,4-7,10-11H2,1-3H3/t14-/m0/s1. The lowest BCUT2D eigenvalue weighted by Gasteiger charge is -2.32. The Balaban J connectivity index is 1.56. The van der Waals surface area contributed by atoms with E-state index in [0.29, 0.717) is 31.1 Å². The Morgan fingerprint density at radius 3 is 2.77 bits per heavy atom. The first-order chi connectivity index (χ1) is 12.6. The van der Waals surface area contributed by atoms with Crippen molar-refractivity contribution in [2.75, 3.05) is 20.2 Å². The molecule has 140 valence electrons. The van der Waals surface area contributed by atoms with Crippen LogP contribution in [0.2, 0.25) is 0 Å². The Bertz CT molecular complexity index is 742. The monoisotopic (exact) mass is 360 g/mol. The molecule has 0 aromatic carbocycles. The predicted molar refractivity (Wildman–Crippen MR) is 93.1 cm³/mol. The average molecular weight is 360 g/mol. The quantitative estimate of drug-likeness (QED) is 0.779. The summed E-state index contributed by atoms with van der Waals surface area (Å²) in [6.45, 7) is 5.06. The smallest absolute Gasteiger partial charge is 0.278 e. The molecule has 8 nitrogen and oxygen atoms in total. The zero-order valence-corrected chi connectivity index (χ0v) is 15.4. The van der Waals surface area contributed by atoms with Gasteiger partial charge in [0.25, 0.3) is 11.8 Å². The van der Waals surface area contributed by atoms with E-state index in [1.165, 1.54) is 7.11 Å². The molecule has 1 saturated heterocycles. The van der Waals surface area contributed by atoms with Gasteiger partial charge in [-0.1, -0.05) is 5.16 Å². The first-order valence-corrected chi connectivity index (χ1v) is 8.79. The lowest BCUT2D eigenvalue weighted by Crippen LogP contribution is -2.44. The maximum atomic E-state index is 12.6. The number of carbonyl (C=O) groups is 1. The molecule has 0 spiro atoms. The van der Waals surface area contributed by atoms with E-state index >= 15 is 0 Å². The summed E-state index contributed by atoms with van der Waals surface area (Å²) in [5.74, 6) is 1.62. The second-order valence-electron chi connectivity index (χ2n) is 6.40. The van der Waals surface area contributed by atoms with Crippen LogP contribution in [0.4, 0.5) is 0 Å². The van der Waals surface area contributed by atoms with Crippen molar-refractivity contribution in [3.8, 4) is 11.8 Å². The van der Waals surface area contributed by atoms with E-state index in [1.54, 1.807) is 12.4 Å². The van der Waals surface area contributed by atoms with E-state index in [4.69, 9.17) is 14.0 Å².